The highest BCUT2D eigenvalue weighted by molar-refractivity contribution is 8.15. The standard InChI is InChI=1S/C15H17FN4O3S/c1-2-12-13(21)18-19-14(24-12)10-4-3-8(5-11(10)16)20-7-9(6-17)23-15(20)22/h3-5,9,12H,2,6-7,17H2,1H3,(H,18,21). The number of nitrogens with one attached hydrogen (secondary N) is 1. The summed E-state index contributed by atoms with van der Waals surface area (Å²) < 4.78 is 19.6. The van der Waals surface area contributed by atoms with Gasteiger partial charge in [0.05, 0.1) is 17.5 Å². The lowest BCUT2D eigenvalue weighted by Gasteiger charge is -2.20. The van der Waals surface area contributed by atoms with Crippen molar-refractivity contribution in [2.24, 2.45) is 10.8 Å². The Morgan fingerprint density at radius 1 is 1.50 bits per heavy atom. The van der Waals surface area contributed by atoms with Gasteiger partial charge in [-0.1, -0.05) is 18.7 Å². The van der Waals surface area contributed by atoms with E-state index in [4.69, 9.17) is 10.5 Å². The van der Waals surface area contributed by atoms with Crippen LogP contribution in [0.25, 0.3) is 0 Å². The highest BCUT2D eigenvalue weighted by Crippen LogP contribution is 2.29. The summed E-state index contributed by atoms with van der Waals surface area (Å²) in [7, 11) is 0. The number of rotatable bonds is 4. The molecule has 1 fully saturated rings. The van der Waals surface area contributed by atoms with Crippen LogP contribution < -0.4 is 16.1 Å². The fourth-order valence-electron chi connectivity index (χ4n) is 2.49. The van der Waals surface area contributed by atoms with E-state index in [0.29, 0.717) is 17.2 Å². The van der Waals surface area contributed by atoms with Crippen LogP contribution in [0.2, 0.25) is 0 Å². The van der Waals surface area contributed by atoms with Crippen LogP contribution in [0.3, 0.4) is 0 Å². The van der Waals surface area contributed by atoms with Crippen molar-refractivity contribution in [1.82, 2.24) is 5.43 Å². The minimum Gasteiger partial charge on any atom is -0.443 e. The fourth-order valence-corrected chi connectivity index (χ4v) is 3.47. The van der Waals surface area contributed by atoms with Crippen molar-refractivity contribution in [1.29, 1.82) is 0 Å². The molecule has 3 N–H and O–H groups in total. The summed E-state index contributed by atoms with van der Waals surface area (Å²) in [5.41, 5.74) is 8.59. The molecule has 9 heteroatoms. The number of nitrogens with zero attached hydrogens (tertiary/aromatic N) is 2. The van der Waals surface area contributed by atoms with Gasteiger partial charge in [0.15, 0.2) is 0 Å². The van der Waals surface area contributed by atoms with Crippen LogP contribution in [-0.2, 0) is 9.53 Å². The molecule has 0 bridgehead atoms. The zero-order valence-electron chi connectivity index (χ0n) is 13.0. The maximum absolute atomic E-state index is 14.5. The number of amides is 2. The maximum atomic E-state index is 14.5. The van der Waals surface area contributed by atoms with E-state index in [2.05, 4.69) is 10.5 Å². The molecule has 2 aliphatic heterocycles. The number of carbonyl (C=O) groups is 2. The number of anilines is 1. The van der Waals surface area contributed by atoms with Gasteiger partial charge in [0.2, 0.25) is 0 Å². The quantitative estimate of drug-likeness (QED) is 0.854. The third-order valence-electron chi connectivity index (χ3n) is 3.82. The van der Waals surface area contributed by atoms with E-state index in [1.54, 1.807) is 12.1 Å². The number of nitrogens with two attached hydrogens (primary N) is 1. The molecule has 1 aromatic rings. The number of benzene rings is 1. The SMILES string of the molecule is CCC1SC(c2ccc(N3CC(CN)OC3=O)cc2F)=NNC1=O. The smallest absolute Gasteiger partial charge is 0.414 e. The Labute approximate surface area is 142 Å². The van der Waals surface area contributed by atoms with Crippen molar-refractivity contribution in [2.75, 3.05) is 18.0 Å². The Bertz CT molecular complexity index is 712. The van der Waals surface area contributed by atoms with E-state index in [1.165, 1.54) is 22.7 Å². The summed E-state index contributed by atoms with van der Waals surface area (Å²) in [5, 5.41) is 4.04. The van der Waals surface area contributed by atoms with Crippen molar-refractivity contribution < 1.29 is 18.7 Å². The van der Waals surface area contributed by atoms with Crippen LogP contribution in [0.1, 0.15) is 18.9 Å². The fraction of sp³-hybridized carbons (Fsp3) is 0.400. The van der Waals surface area contributed by atoms with Crippen molar-refractivity contribution in [2.45, 2.75) is 24.7 Å². The Kier molecular flexibility index (Phi) is 4.72. The number of hydrogen-bond acceptors (Lipinski definition) is 6. The van der Waals surface area contributed by atoms with Gasteiger partial charge in [-0.05, 0) is 24.6 Å². The van der Waals surface area contributed by atoms with Gasteiger partial charge in [-0.2, -0.15) is 5.10 Å². The molecule has 2 heterocycles. The lowest BCUT2D eigenvalue weighted by atomic mass is 10.2. The molecule has 0 aliphatic carbocycles. The van der Waals surface area contributed by atoms with E-state index in [-0.39, 0.29) is 35.9 Å². The van der Waals surface area contributed by atoms with Crippen molar-refractivity contribution >= 4 is 34.5 Å². The van der Waals surface area contributed by atoms with Crippen LogP contribution in [0.4, 0.5) is 14.9 Å². The van der Waals surface area contributed by atoms with E-state index < -0.39 is 11.9 Å². The molecule has 2 unspecified atom stereocenters. The number of halogens is 1. The molecule has 2 amide bonds. The summed E-state index contributed by atoms with van der Waals surface area (Å²) in [6.07, 6.45) is -0.311. The minimum absolute atomic E-state index is 0.184. The second kappa shape index (κ2) is 6.78. The topological polar surface area (TPSA) is 97.0 Å². The lowest BCUT2D eigenvalue weighted by Crippen LogP contribution is -2.34. The predicted molar refractivity (Wildman–Crippen MR) is 89.4 cm³/mol. The van der Waals surface area contributed by atoms with Crippen LogP contribution in [0, 0.1) is 5.82 Å². The molecule has 0 saturated carbocycles. The van der Waals surface area contributed by atoms with Crippen LogP contribution in [-0.4, -0.2) is 41.5 Å². The summed E-state index contributed by atoms with van der Waals surface area (Å²) in [6.45, 7) is 2.39. The summed E-state index contributed by atoms with van der Waals surface area (Å²) >= 11 is 1.23. The molecule has 0 radical (unpaired) electrons. The molecular weight excluding hydrogens is 335 g/mol. The van der Waals surface area contributed by atoms with E-state index in [1.807, 2.05) is 6.92 Å². The number of hydrazone groups is 1. The average molecular weight is 352 g/mol. The second-order valence-corrected chi connectivity index (χ2v) is 6.62. The molecule has 1 aromatic carbocycles. The van der Waals surface area contributed by atoms with Gasteiger partial charge >= 0.3 is 6.09 Å². The number of carbonyl (C=O) groups excluding carboxylic acids is 2. The third-order valence-corrected chi connectivity index (χ3v) is 5.18. The molecule has 0 aromatic heterocycles. The molecule has 1 saturated heterocycles. The third kappa shape index (κ3) is 3.09. The second-order valence-electron chi connectivity index (χ2n) is 5.42. The molecular formula is C15H17FN4O3S. The molecule has 2 atom stereocenters. The molecule has 2 aliphatic rings. The predicted octanol–water partition coefficient (Wildman–Crippen LogP) is 1.41. The van der Waals surface area contributed by atoms with Gasteiger partial charge in [0.25, 0.3) is 5.91 Å². The Morgan fingerprint density at radius 2 is 2.29 bits per heavy atom. The van der Waals surface area contributed by atoms with Gasteiger partial charge < -0.3 is 10.5 Å². The van der Waals surface area contributed by atoms with Gasteiger partial charge in [0, 0.05) is 12.1 Å². The van der Waals surface area contributed by atoms with E-state index in [0.717, 1.165) is 0 Å². The van der Waals surface area contributed by atoms with Crippen LogP contribution >= 0.6 is 11.8 Å². The first-order chi connectivity index (χ1) is 11.5. The summed E-state index contributed by atoms with van der Waals surface area (Å²) in [5.74, 6) is -0.704. The molecule has 24 heavy (non-hydrogen) atoms. The average Bonchev–Trinajstić information content (AvgIpc) is 2.96. The Balaban J connectivity index is 1.83. The first kappa shape index (κ1) is 16.7. The van der Waals surface area contributed by atoms with Crippen molar-refractivity contribution in [3.8, 4) is 0 Å². The van der Waals surface area contributed by atoms with Gasteiger partial charge in [-0.15, -0.1) is 0 Å². The largest absolute Gasteiger partial charge is 0.443 e. The molecule has 0 spiro atoms. The zero-order chi connectivity index (χ0) is 17.3. The highest BCUT2D eigenvalue weighted by atomic mass is 32.2. The summed E-state index contributed by atoms with van der Waals surface area (Å²) in [6, 6.07) is 4.43. The Morgan fingerprint density at radius 3 is 2.92 bits per heavy atom. The van der Waals surface area contributed by atoms with Gasteiger partial charge in [0.1, 0.15) is 17.0 Å². The molecule has 3 rings (SSSR count). The first-order valence-corrected chi connectivity index (χ1v) is 8.43. The minimum atomic E-state index is -0.541. The zero-order valence-corrected chi connectivity index (χ0v) is 13.8. The summed E-state index contributed by atoms with van der Waals surface area (Å²) in [4.78, 5) is 24.8. The number of thioether (sulfide) groups is 1. The molecule has 7 nitrogen and oxygen atoms in total. The van der Waals surface area contributed by atoms with Crippen molar-refractivity contribution in [3.63, 3.8) is 0 Å². The number of ether oxygens (including phenoxy) is 1. The van der Waals surface area contributed by atoms with Crippen LogP contribution in [0.5, 0.6) is 0 Å². The Hall–Kier alpha value is -2.13. The van der Waals surface area contributed by atoms with Crippen molar-refractivity contribution in [3.05, 3.63) is 29.6 Å². The van der Waals surface area contributed by atoms with E-state index >= 15 is 0 Å². The van der Waals surface area contributed by atoms with Gasteiger partial charge in [-0.3, -0.25) is 9.69 Å². The number of hydrogen-bond donors (Lipinski definition) is 2. The lowest BCUT2D eigenvalue weighted by molar-refractivity contribution is -0.120. The molecule has 128 valence electrons. The number of cyclic esters (lactones) is 1. The highest BCUT2D eigenvalue weighted by Gasteiger charge is 2.32. The first-order valence-electron chi connectivity index (χ1n) is 7.55. The monoisotopic (exact) mass is 352 g/mol. The maximum Gasteiger partial charge on any atom is 0.414 e. The van der Waals surface area contributed by atoms with E-state index in [9.17, 15) is 14.0 Å². The van der Waals surface area contributed by atoms with Gasteiger partial charge in [-0.25, -0.2) is 14.6 Å². The normalized spacial score (nSPS) is 23.8. The van der Waals surface area contributed by atoms with Crippen LogP contribution in [0.15, 0.2) is 23.3 Å².